The lowest BCUT2D eigenvalue weighted by Crippen LogP contribution is -1.98. The Balaban J connectivity index is 1.94. The fraction of sp³-hybridized carbons (Fsp3) is 0.214. The summed E-state index contributed by atoms with van der Waals surface area (Å²) in [5, 5.41) is 10.1. The van der Waals surface area contributed by atoms with Crippen LogP contribution in [0.25, 0.3) is 0 Å². The van der Waals surface area contributed by atoms with E-state index in [0.717, 1.165) is 34.9 Å². The Morgan fingerprint density at radius 3 is 2.95 bits per heavy atom. The van der Waals surface area contributed by atoms with Gasteiger partial charge in [0, 0.05) is 20.6 Å². The number of hydrogen-bond acceptors (Lipinski definition) is 4. The maximum atomic E-state index is 11.1. The second kappa shape index (κ2) is 5.54. The van der Waals surface area contributed by atoms with Crippen molar-refractivity contribution < 1.29 is 9.90 Å². The van der Waals surface area contributed by atoms with Crippen LogP contribution in [0.15, 0.2) is 38.9 Å². The van der Waals surface area contributed by atoms with Gasteiger partial charge in [-0.1, -0.05) is 11.8 Å². The van der Waals surface area contributed by atoms with E-state index >= 15 is 0 Å². The standard InChI is InChI=1S/C14H11BrN2O2S/c15-11-5-4-8(6-10(11)14(18)19)20-13-9-2-1-3-12(9)16-7-17-13/h4-7H,1-3H2,(H,18,19). The molecule has 0 saturated heterocycles. The number of aryl methyl sites for hydroxylation is 1. The van der Waals surface area contributed by atoms with Crippen LogP contribution in [-0.4, -0.2) is 21.0 Å². The lowest BCUT2D eigenvalue weighted by molar-refractivity contribution is 0.0695. The number of carboxylic acid groups (broad SMARTS) is 1. The van der Waals surface area contributed by atoms with Crippen molar-refractivity contribution in [2.45, 2.75) is 29.2 Å². The van der Waals surface area contributed by atoms with E-state index in [1.165, 1.54) is 17.3 Å². The van der Waals surface area contributed by atoms with Crippen molar-refractivity contribution in [2.24, 2.45) is 0 Å². The quantitative estimate of drug-likeness (QED) is 0.857. The first kappa shape index (κ1) is 13.6. The monoisotopic (exact) mass is 350 g/mol. The number of benzene rings is 1. The Labute approximate surface area is 128 Å². The summed E-state index contributed by atoms with van der Waals surface area (Å²) in [4.78, 5) is 20.7. The lowest BCUT2D eigenvalue weighted by atomic mass is 10.2. The molecule has 1 heterocycles. The minimum absolute atomic E-state index is 0.265. The first-order valence-electron chi connectivity index (χ1n) is 6.18. The Kier molecular flexibility index (Phi) is 3.76. The fourth-order valence-corrected chi connectivity index (χ4v) is 3.66. The molecule has 0 unspecified atom stereocenters. The van der Waals surface area contributed by atoms with Crippen LogP contribution in [0.5, 0.6) is 0 Å². The van der Waals surface area contributed by atoms with Crippen molar-refractivity contribution in [3.05, 3.63) is 45.8 Å². The molecular weight excluding hydrogens is 340 g/mol. The zero-order chi connectivity index (χ0) is 14.1. The van der Waals surface area contributed by atoms with Gasteiger partial charge in [0.15, 0.2) is 0 Å². The molecular formula is C14H11BrN2O2S. The van der Waals surface area contributed by atoms with E-state index in [-0.39, 0.29) is 5.56 Å². The van der Waals surface area contributed by atoms with Crippen molar-refractivity contribution in [1.29, 1.82) is 0 Å². The van der Waals surface area contributed by atoms with Crippen molar-refractivity contribution in [3.8, 4) is 0 Å². The van der Waals surface area contributed by atoms with Crippen molar-refractivity contribution in [2.75, 3.05) is 0 Å². The average Bonchev–Trinajstić information content (AvgIpc) is 2.90. The summed E-state index contributed by atoms with van der Waals surface area (Å²) in [6.45, 7) is 0. The lowest BCUT2D eigenvalue weighted by Gasteiger charge is -2.07. The number of fused-ring (bicyclic) bond motifs is 1. The smallest absolute Gasteiger partial charge is 0.336 e. The van der Waals surface area contributed by atoms with Crippen LogP contribution in [0.2, 0.25) is 0 Å². The van der Waals surface area contributed by atoms with Crippen molar-refractivity contribution >= 4 is 33.7 Å². The molecule has 0 radical (unpaired) electrons. The van der Waals surface area contributed by atoms with E-state index < -0.39 is 5.97 Å². The highest BCUT2D eigenvalue weighted by molar-refractivity contribution is 9.10. The van der Waals surface area contributed by atoms with Gasteiger partial charge in [0.1, 0.15) is 11.4 Å². The number of rotatable bonds is 3. The Morgan fingerprint density at radius 1 is 1.30 bits per heavy atom. The molecule has 0 aliphatic heterocycles. The fourth-order valence-electron chi connectivity index (χ4n) is 2.26. The molecule has 0 fully saturated rings. The maximum absolute atomic E-state index is 11.1. The maximum Gasteiger partial charge on any atom is 0.336 e. The molecule has 1 aromatic heterocycles. The summed E-state index contributed by atoms with van der Waals surface area (Å²) < 4.78 is 0.585. The van der Waals surface area contributed by atoms with Crippen LogP contribution in [0.3, 0.4) is 0 Å². The minimum Gasteiger partial charge on any atom is -0.478 e. The number of aromatic nitrogens is 2. The van der Waals surface area contributed by atoms with Crippen LogP contribution in [0.1, 0.15) is 28.0 Å². The van der Waals surface area contributed by atoms with E-state index in [4.69, 9.17) is 5.11 Å². The second-order valence-electron chi connectivity index (χ2n) is 4.51. The molecule has 4 nitrogen and oxygen atoms in total. The molecule has 1 aliphatic rings. The summed E-state index contributed by atoms with van der Waals surface area (Å²) in [7, 11) is 0. The van der Waals surface area contributed by atoms with E-state index in [9.17, 15) is 4.79 Å². The highest BCUT2D eigenvalue weighted by Crippen LogP contribution is 2.34. The summed E-state index contributed by atoms with van der Waals surface area (Å²) in [6, 6.07) is 5.32. The third-order valence-corrected chi connectivity index (χ3v) is 4.94. The van der Waals surface area contributed by atoms with Crippen LogP contribution in [0, 0.1) is 0 Å². The van der Waals surface area contributed by atoms with Crippen LogP contribution >= 0.6 is 27.7 Å². The van der Waals surface area contributed by atoms with Gasteiger partial charge >= 0.3 is 5.97 Å². The molecule has 0 bridgehead atoms. The summed E-state index contributed by atoms with van der Waals surface area (Å²) >= 11 is 4.75. The SMILES string of the molecule is O=C(O)c1cc(Sc2ncnc3c2CCC3)ccc1Br. The van der Waals surface area contributed by atoms with Gasteiger partial charge in [-0.15, -0.1) is 0 Å². The minimum atomic E-state index is -0.938. The van der Waals surface area contributed by atoms with E-state index in [0.29, 0.717) is 4.47 Å². The molecule has 6 heteroatoms. The van der Waals surface area contributed by atoms with Gasteiger partial charge in [-0.25, -0.2) is 14.8 Å². The van der Waals surface area contributed by atoms with Gasteiger partial charge in [-0.3, -0.25) is 0 Å². The third-order valence-electron chi connectivity index (χ3n) is 3.22. The van der Waals surface area contributed by atoms with Crippen LogP contribution in [0.4, 0.5) is 0 Å². The predicted molar refractivity (Wildman–Crippen MR) is 79.3 cm³/mol. The molecule has 1 aliphatic carbocycles. The molecule has 1 aromatic carbocycles. The van der Waals surface area contributed by atoms with Gasteiger partial charge in [0.05, 0.1) is 5.56 Å². The number of hydrogen-bond donors (Lipinski definition) is 1. The van der Waals surface area contributed by atoms with E-state index in [1.807, 2.05) is 6.07 Å². The Bertz CT molecular complexity index is 691. The molecule has 2 aromatic rings. The van der Waals surface area contributed by atoms with Gasteiger partial charge in [0.2, 0.25) is 0 Å². The van der Waals surface area contributed by atoms with Crippen LogP contribution < -0.4 is 0 Å². The first-order valence-corrected chi connectivity index (χ1v) is 7.79. The largest absolute Gasteiger partial charge is 0.478 e. The summed E-state index contributed by atoms with van der Waals surface area (Å²) in [6.07, 6.45) is 4.71. The molecule has 20 heavy (non-hydrogen) atoms. The summed E-state index contributed by atoms with van der Waals surface area (Å²) in [5.74, 6) is -0.938. The molecule has 102 valence electrons. The van der Waals surface area contributed by atoms with Gasteiger partial charge in [-0.05, 0) is 53.4 Å². The Morgan fingerprint density at radius 2 is 2.15 bits per heavy atom. The third kappa shape index (κ3) is 2.58. The van der Waals surface area contributed by atoms with Crippen LogP contribution in [-0.2, 0) is 12.8 Å². The molecule has 0 saturated carbocycles. The molecule has 0 spiro atoms. The number of halogens is 1. The molecule has 1 N–H and O–H groups in total. The van der Waals surface area contributed by atoms with Crippen molar-refractivity contribution in [3.63, 3.8) is 0 Å². The molecule has 3 rings (SSSR count). The average molecular weight is 351 g/mol. The second-order valence-corrected chi connectivity index (χ2v) is 6.42. The molecule has 0 atom stereocenters. The topological polar surface area (TPSA) is 63.1 Å². The number of nitrogens with zero attached hydrogens (tertiary/aromatic N) is 2. The van der Waals surface area contributed by atoms with Gasteiger partial charge in [-0.2, -0.15) is 0 Å². The predicted octanol–water partition coefficient (Wildman–Crippen LogP) is 3.58. The zero-order valence-corrected chi connectivity index (χ0v) is 12.9. The highest BCUT2D eigenvalue weighted by atomic mass is 79.9. The highest BCUT2D eigenvalue weighted by Gasteiger charge is 2.18. The number of carbonyl (C=O) groups is 1. The van der Waals surface area contributed by atoms with E-state index in [1.54, 1.807) is 18.5 Å². The molecule has 0 amide bonds. The van der Waals surface area contributed by atoms with Gasteiger partial charge < -0.3 is 5.11 Å². The number of aromatic carboxylic acids is 1. The van der Waals surface area contributed by atoms with Crippen molar-refractivity contribution in [1.82, 2.24) is 9.97 Å². The summed E-state index contributed by atoms with van der Waals surface area (Å²) in [5.41, 5.74) is 2.59. The first-order chi connectivity index (χ1) is 9.65. The van der Waals surface area contributed by atoms with Gasteiger partial charge in [0.25, 0.3) is 0 Å². The van der Waals surface area contributed by atoms with E-state index in [2.05, 4.69) is 25.9 Å². The normalized spacial score (nSPS) is 13.2. The number of carboxylic acids is 1. The zero-order valence-electron chi connectivity index (χ0n) is 10.5. The Hall–Kier alpha value is -1.40.